The van der Waals surface area contributed by atoms with E-state index in [0.29, 0.717) is 6.54 Å². The van der Waals surface area contributed by atoms with Crippen molar-refractivity contribution in [3.63, 3.8) is 0 Å². The molecule has 1 N–H and O–H groups in total. The lowest BCUT2D eigenvalue weighted by atomic mass is 10.1. The first-order valence-electron chi connectivity index (χ1n) is 9.61. The second-order valence-electron chi connectivity index (χ2n) is 6.91. The molecule has 3 aromatic carbocycles. The fraction of sp³-hybridized carbons (Fsp3) is 0.167. The van der Waals surface area contributed by atoms with E-state index in [1.54, 1.807) is 19.2 Å². The molecule has 5 heteroatoms. The first-order chi connectivity index (χ1) is 14.2. The molecule has 0 fully saturated rings. The van der Waals surface area contributed by atoms with Crippen LogP contribution in [-0.2, 0) is 19.4 Å². The van der Waals surface area contributed by atoms with Crippen molar-refractivity contribution < 1.29 is 9.84 Å². The summed E-state index contributed by atoms with van der Waals surface area (Å²) in [5.41, 5.74) is 3.35. The maximum absolute atomic E-state index is 9.61. The van der Waals surface area contributed by atoms with Crippen LogP contribution in [0.1, 0.15) is 17.0 Å². The van der Waals surface area contributed by atoms with Crippen LogP contribution in [0.15, 0.2) is 78.9 Å². The van der Waals surface area contributed by atoms with Gasteiger partial charge in [-0.3, -0.25) is 0 Å². The molecule has 0 atom stereocenters. The van der Waals surface area contributed by atoms with Gasteiger partial charge < -0.3 is 14.4 Å². The monoisotopic (exact) mass is 385 g/mol. The van der Waals surface area contributed by atoms with Crippen LogP contribution in [0.3, 0.4) is 0 Å². The largest absolute Gasteiger partial charge is 0.508 e. The summed E-state index contributed by atoms with van der Waals surface area (Å²) in [5, 5.41) is 18.6. The van der Waals surface area contributed by atoms with E-state index in [4.69, 9.17) is 4.74 Å². The Hall–Kier alpha value is -3.60. The van der Waals surface area contributed by atoms with Gasteiger partial charge in [0, 0.05) is 12.0 Å². The van der Waals surface area contributed by atoms with Crippen molar-refractivity contribution in [2.75, 3.05) is 7.11 Å². The summed E-state index contributed by atoms with van der Waals surface area (Å²) in [7, 11) is 1.67. The van der Waals surface area contributed by atoms with Gasteiger partial charge in [0.25, 0.3) is 0 Å². The summed E-state index contributed by atoms with van der Waals surface area (Å²) in [4.78, 5) is 0. The lowest BCUT2D eigenvalue weighted by Crippen LogP contribution is -2.08. The number of benzene rings is 3. The number of phenolic OH excluding ortho intramolecular Hbond substituents is 1. The molecule has 4 rings (SSSR count). The van der Waals surface area contributed by atoms with Gasteiger partial charge in [0.05, 0.1) is 13.7 Å². The molecule has 0 bridgehead atoms. The van der Waals surface area contributed by atoms with Gasteiger partial charge in [0.15, 0.2) is 5.82 Å². The Bertz CT molecular complexity index is 1060. The van der Waals surface area contributed by atoms with Crippen LogP contribution >= 0.6 is 0 Å². The number of aryl methyl sites for hydroxylation is 2. The number of phenols is 1. The van der Waals surface area contributed by atoms with Gasteiger partial charge in [0.2, 0.25) is 0 Å². The minimum Gasteiger partial charge on any atom is -0.508 e. The second kappa shape index (κ2) is 8.61. The van der Waals surface area contributed by atoms with Crippen molar-refractivity contribution in [1.29, 1.82) is 0 Å². The molecule has 1 aromatic heterocycles. The van der Waals surface area contributed by atoms with Gasteiger partial charge in [-0.2, -0.15) is 0 Å². The van der Waals surface area contributed by atoms with Crippen LogP contribution in [0.25, 0.3) is 11.4 Å². The molecule has 0 aliphatic heterocycles. The highest BCUT2D eigenvalue weighted by Crippen LogP contribution is 2.23. The molecule has 0 unspecified atom stereocenters. The van der Waals surface area contributed by atoms with Gasteiger partial charge >= 0.3 is 0 Å². The first-order valence-corrected chi connectivity index (χ1v) is 9.61. The van der Waals surface area contributed by atoms with E-state index in [-0.39, 0.29) is 5.75 Å². The quantitative estimate of drug-likeness (QED) is 0.509. The molecule has 0 spiro atoms. The standard InChI is InChI=1S/C24H23N3O2/c1-29-22-14-7-18(8-15-22)9-16-23-25-26-24(20-10-12-21(28)13-11-20)27(23)17-19-5-3-2-4-6-19/h2-8,10-15,28H,9,16-17H2,1H3. The van der Waals surface area contributed by atoms with Crippen molar-refractivity contribution in [2.24, 2.45) is 0 Å². The molecule has 4 aromatic rings. The van der Waals surface area contributed by atoms with Crippen LogP contribution < -0.4 is 4.74 Å². The van der Waals surface area contributed by atoms with Crippen molar-refractivity contribution in [2.45, 2.75) is 19.4 Å². The van der Waals surface area contributed by atoms with E-state index in [9.17, 15) is 5.11 Å². The smallest absolute Gasteiger partial charge is 0.164 e. The van der Waals surface area contributed by atoms with Crippen LogP contribution in [0.4, 0.5) is 0 Å². The lowest BCUT2D eigenvalue weighted by Gasteiger charge is -2.11. The predicted molar refractivity (Wildman–Crippen MR) is 113 cm³/mol. The van der Waals surface area contributed by atoms with Gasteiger partial charge in [-0.1, -0.05) is 42.5 Å². The number of hydrogen-bond acceptors (Lipinski definition) is 4. The number of ether oxygens (including phenoxy) is 1. The van der Waals surface area contributed by atoms with Crippen molar-refractivity contribution in [1.82, 2.24) is 14.8 Å². The molecule has 146 valence electrons. The molecule has 0 aliphatic carbocycles. The molecule has 5 nitrogen and oxygen atoms in total. The predicted octanol–water partition coefficient (Wildman–Crippen LogP) is 4.49. The number of methoxy groups -OCH3 is 1. The average molecular weight is 385 g/mol. The summed E-state index contributed by atoms with van der Waals surface area (Å²) in [6.07, 6.45) is 1.65. The van der Waals surface area contributed by atoms with E-state index in [1.165, 1.54) is 11.1 Å². The Labute approximate surface area is 170 Å². The van der Waals surface area contributed by atoms with E-state index in [1.807, 2.05) is 42.5 Å². The highest BCUT2D eigenvalue weighted by Gasteiger charge is 2.14. The Morgan fingerprint density at radius 1 is 0.793 bits per heavy atom. The Balaban J connectivity index is 1.62. The van der Waals surface area contributed by atoms with Crippen LogP contribution in [0.5, 0.6) is 11.5 Å². The molecule has 29 heavy (non-hydrogen) atoms. The molecular formula is C24H23N3O2. The zero-order valence-corrected chi connectivity index (χ0v) is 16.3. The van der Waals surface area contributed by atoms with Crippen LogP contribution in [-0.4, -0.2) is 27.0 Å². The summed E-state index contributed by atoms with van der Waals surface area (Å²) in [5.74, 6) is 2.84. The maximum atomic E-state index is 9.61. The van der Waals surface area contributed by atoms with Gasteiger partial charge in [-0.15, -0.1) is 10.2 Å². The zero-order chi connectivity index (χ0) is 20.1. The number of hydrogen-bond donors (Lipinski definition) is 1. The SMILES string of the molecule is COc1ccc(CCc2nnc(-c3ccc(O)cc3)n2Cc2ccccc2)cc1. The summed E-state index contributed by atoms with van der Waals surface area (Å²) in [6.45, 7) is 0.696. The molecule has 0 saturated heterocycles. The van der Waals surface area contributed by atoms with Crippen LogP contribution in [0.2, 0.25) is 0 Å². The highest BCUT2D eigenvalue weighted by atomic mass is 16.5. The summed E-state index contributed by atoms with van der Waals surface area (Å²) >= 11 is 0. The Morgan fingerprint density at radius 3 is 2.21 bits per heavy atom. The van der Waals surface area contributed by atoms with Gasteiger partial charge in [-0.05, 0) is 53.9 Å². The number of aromatic nitrogens is 3. The molecule has 1 heterocycles. The molecular weight excluding hydrogens is 362 g/mol. The highest BCUT2D eigenvalue weighted by molar-refractivity contribution is 5.56. The Kier molecular flexibility index (Phi) is 5.56. The molecule has 0 aliphatic rings. The fourth-order valence-corrected chi connectivity index (χ4v) is 3.32. The molecule has 0 amide bonds. The minimum atomic E-state index is 0.239. The number of aromatic hydroxyl groups is 1. The topological polar surface area (TPSA) is 60.2 Å². The summed E-state index contributed by atoms with van der Waals surface area (Å²) < 4.78 is 7.39. The van der Waals surface area contributed by atoms with E-state index in [0.717, 1.165) is 35.8 Å². The number of rotatable bonds is 7. The lowest BCUT2D eigenvalue weighted by molar-refractivity contribution is 0.414. The average Bonchev–Trinajstić information content (AvgIpc) is 3.16. The maximum Gasteiger partial charge on any atom is 0.164 e. The second-order valence-corrected chi connectivity index (χ2v) is 6.91. The van der Waals surface area contributed by atoms with E-state index < -0.39 is 0 Å². The van der Waals surface area contributed by atoms with Crippen LogP contribution in [0, 0.1) is 0 Å². The third-order valence-electron chi connectivity index (χ3n) is 4.93. The minimum absolute atomic E-state index is 0.239. The third-order valence-corrected chi connectivity index (χ3v) is 4.93. The van der Waals surface area contributed by atoms with Gasteiger partial charge in [0.1, 0.15) is 17.3 Å². The normalized spacial score (nSPS) is 10.8. The molecule has 0 saturated carbocycles. The van der Waals surface area contributed by atoms with Crippen molar-refractivity contribution in [3.05, 3.63) is 95.8 Å². The zero-order valence-electron chi connectivity index (χ0n) is 16.3. The van der Waals surface area contributed by atoms with E-state index >= 15 is 0 Å². The number of nitrogens with zero attached hydrogens (tertiary/aromatic N) is 3. The van der Waals surface area contributed by atoms with Crippen molar-refractivity contribution >= 4 is 0 Å². The summed E-state index contributed by atoms with van der Waals surface area (Å²) in [6, 6.07) is 25.5. The Morgan fingerprint density at radius 2 is 1.52 bits per heavy atom. The molecule has 0 radical (unpaired) electrons. The fourth-order valence-electron chi connectivity index (χ4n) is 3.32. The van der Waals surface area contributed by atoms with Gasteiger partial charge in [-0.25, -0.2) is 0 Å². The van der Waals surface area contributed by atoms with E-state index in [2.05, 4.69) is 39.0 Å². The van der Waals surface area contributed by atoms with Crippen molar-refractivity contribution in [3.8, 4) is 22.9 Å². The first kappa shape index (κ1) is 18.7. The third kappa shape index (κ3) is 4.46.